The van der Waals surface area contributed by atoms with Crippen LogP contribution in [-0.4, -0.2) is 20.4 Å². The standard InChI is InChI=1S/2C10H14O2/c1-10(2,3)8-6-7(11)4-5-9(8)12;1-2-3-4-8-7-9(11)5-6-10(8)12/h4-6,11-12H,1-3H3;5-7,11-12H,2-4H2,1H3. The molecule has 0 aliphatic rings. The fraction of sp³-hybridized carbons (Fsp3) is 0.400. The Bertz CT molecular complexity index is 657. The second-order valence-electron chi connectivity index (χ2n) is 6.87. The minimum absolute atomic E-state index is 0.136. The zero-order chi connectivity index (χ0) is 18.3. The van der Waals surface area contributed by atoms with Crippen molar-refractivity contribution in [1.82, 2.24) is 0 Å². The van der Waals surface area contributed by atoms with Crippen LogP contribution < -0.4 is 0 Å². The van der Waals surface area contributed by atoms with Gasteiger partial charge in [0.1, 0.15) is 23.0 Å². The molecule has 0 saturated heterocycles. The van der Waals surface area contributed by atoms with Gasteiger partial charge >= 0.3 is 0 Å². The monoisotopic (exact) mass is 332 g/mol. The number of hydrogen-bond acceptors (Lipinski definition) is 4. The van der Waals surface area contributed by atoms with Gasteiger partial charge in [-0.25, -0.2) is 0 Å². The lowest BCUT2D eigenvalue weighted by Gasteiger charge is -2.20. The lowest BCUT2D eigenvalue weighted by Crippen LogP contribution is -2.10. The van der Waals surface area contributed by atoms with E-state index >= 15 is 0 Å². The lowest BCUT2D eigenvalue weighted by atomic mass is 9.86. The van der Waals surface area contributed by atoms with Crippen molar-refractivity contribution in [1.29, 1.82) is 0 Å². The van der Waals surface area contributed by atoms with E-state index in [0.29, 0.717) is 0 Å². The highest BCUT2D eigenvalue weighted by molar-refractivity contribution is 5.42. The van der Waals surface area contributed by atoms with Crippen molar-refractivity contribution in [2.24, 2.45) is 0 Å². The summed E-state index contributed by atoms with van der Waals surface area (Å²) in [6.07, 6.45) is 2.96. The molecule has 2 aromatic rings. The number of hydrogen-bond donors (Lipinski definition) is 4. The molecular weight excluding hydrogens is 304 g/mol. The van der Waals surface area contributed by atoms with Crippen LogP contribution in [-0.2, 0) is 11.8 Å². The summed E-state index contributed by atoms with van der Waals surface area (Å²) in [5, 5.41) is 37.1. The van der Waals surface area contributed by atoms with Gasteiger partial charge in [0, 0.05) is 5.56 Å². The Balaban J connectivity index is 0.000000240. The molecule has 0 atom stereocenters. The molecule has 24 heavy (non-hydrogen) atoms. The van der Waals surface area contributed by atoms with Gasteiger partial charge in [-0.3, -0.25) is 0 Å². The summed E-state index contributed by atoms with van der Waals surface area (Å²) in [5.74, 6) is 0.929. The number of unbranched alkanes of at least 4 members (excludes halogenated alkanes) is 1. The quantitative estimate of drug-likeness (QED) is 0.607. The summed E-state index contributed by atoms with van der Waals surface area (Å²) in [6.45, 7) is 8.06. The molecule has 0 radical (unpaired) electrons. The van der Waals surface area contributed by atoms with E-state index in [1.54, 1.807) is 12.1 Å². The van der Waals surface area contributed by atoms with Gasteiger partial charge in [-0.15, -0.1) is 0 Å². The molecule has 0 aliphatic carbocycles. The number of phenols is 4. The SMILES string of the molecule is CC(C)(C)c1cc(O)ccc1O.CCCCc1cc(O)ccc1O. The minimum Gasteiger partial charge on any atom is -0.508 e. The third-order valence-electron chi connectivity index (χ3n) is 3.65. The van der Waals surface area contributed by atoms with Gasteiger partial charge in [-0.05, 0) is 60.2 Å². The molecule has 4 nitrogen and oxygen atoms in total. The third-order valence-corrected chi connectivity index (χ3v) is 3.65. The molecule has 0 aliphatic heterocycles. The summed E-state index contributed by atoms with van der Waals surface area (Å²) < 4.78 is 0. The van der Waals surface area contributed by atoms with E-state index < -0.39 is 0 Å². The topological polar surface area (TPSA) is 80.9 Å². The molecule has 132 valence electrons. The normalized spacial score (nSPS) is 10.8. The van der Waals surface area contributed by atoms with Gasteiger partial charge in [-0.2, -0.15) is 0 Å². The van der Waals surface area contributed by atoms with E-state index in [2.05, 4.69) is 6.92 Å². The van der Waals surface area contributed by atoms with Crippen LogP contribution in [0, 0.1) is 0 Å². The Hall–Kier alpha value is -2.36. The van der Waals surface area contributed by atoms with Crippen LogP contribution in [0.4, 0.5) is 0 Å². The molecule has 0 aromatic heterocycles. The zero-order valence-corrected chi connectivity index (χ0v) is 14.9. The van der Waals surface area contributed by atoms with E-state index in [9.17, 15) is 15.3 Å². The summed E-state index contributed by atoms with van der Waals surface area (Å²) in [5.41, 5.74) is 1.46. The number of phenolic OH excluding ortho intramolecular Hbond substituents is 4. The number of aromatic hydroxyl groups is 4. The molecule has 4 N–H and O–H groups in total. The van der Waals surface area contributed by atoms with Gasteiger partial charge < -0.3 is 20.4 Å². The van der Waals surface area contributed by atoms with Crippen molar-refractivity contribution in [3.63, 3.8) is 0 Å². The Morgan fingerprint density at radius 1 is 0.792 bits per heavy atom. The molecule has 0 heterocycles. The van der Waals surface area contributed by atoms with Crippen LogP contribution in [0.3, 0.4) is 0 Å². The van der Waals surface area contributed by atoms with Crippen molar-refractivity contribution >= 4 is 0 Å². The van der Waals surface area contributed by atoms with Crippen LogP contribution in [0.2, 0.25) is 0 Å². The van der Waals surface area contributed by atoms with Crippen LogP contribution >= 0.6 is 0 Å². The largest absolute Gasteiger partial charge is 0.508 e. The first-order valence-corrected chi connectivity index (χ1v) is 8.18. The highest BCUT2D eigenvalue weighted by Crippen LogP contribution is 2.32. The Labute approximate surface area is 144 Å². The minimum atomic E-state index is -0.136. The van der Waals surface area contributed by atoms with Crippen molar-refractivity contribution in [2.45, 2.75) is 52.4 Å². The molecule has 2 aromatic carbocycles. The Morgan fingerprint density at radius 2 is 1.33 bits per heavy atom. The molecule has 0 spiro atoms. The molecule has 0 fully saturated rings. The van der Waals surface area contributed by atoms with E-state index in [-0.39, 0.29) is 28.4 Å². The maximum absolute atomic E-state index is 9.46. The molecule has 0 amide bonds. The van der Waals surface area contributed by atoms with E-state index in [4.69, 9.17) is 5.11 Å². The average molecular weight is 332 g/mol. The maximum atomic E-state index is 9.46. The third kappa shape index (κ3) is 6.03. The van der Waals surface area contributed by atoms with Crippen LogP contribution in [0.1, 0.15) is 51.7 Å². The first-order chi connectivity index (χ1) is 11.1. The van der Waals surface area contributed by atoms with Crippen molar-refractivity contribution in [3.05, 3.63) is 47.5 Å². The number of rotatable bonds is 3. The first-order valence-electron chi connectivity index (χ1n) is 8.18. The molecule has 0 saturated carbocycles. The van der Waals surface area contributed by atoms with E-state index in [0.717, 1.165) is 30.4 Å². The van der Waals surface area contributed by atoms with Crippen LogP contribution in [0.15, 0.2) is 36.4 Å². The predicted octanol–water partition coefficient (Wildman–Crippen LogP) is 4.84. The first kappa shape index (κ1) is 19.7. The second-order valence-corrected chi connectivity index (χ2v) is 6.87. The van der Waals surface area contributed by atoms with Gasteiger partial charge in [0.05, 0.1) is 0 Å². The molecule has 0 bridgehead atoms. The fourth-order valence-corrected chi connectivity index (χ4v) is 2.26. The average Bonchev–Trinajstić information content (AvgIpc) is 2.50. The predicted molar refractivity (Wildman–Crippen MR) is 96.9 cm³/mol. The van der Waals surface area contributed by atoms with Crippen molar-refractivity contribution in [3.8, 4) is 23.0 Å². The number of aryl methyl sites for hydroxylation is 1. The van der Waals surface area contributed by atoms with E-state index in [1.165, 1.54) is 24.3 Å². The van der Waals surface area contributed by atoms with Gasteiger partial charge in [-0.1, -0.05) is 34.1 Å². The van der Waals surface area contributed by atoms with Crippen LogP contribution in [0.25, 0.3) is 0 Å². The van der Waals surface area contributed by atoms with Crippen molar-refractivity contribution in [2.75, 3.05) is 0 Å². The Kier molecular flexibility index (Phi) is 6.96. The van der Waals surface area contributed by atoms with Gasteiger partial charge in [0.2, 0.25) is 0 Å². The van der Waals surface area contributed by atoms with Crippen LogP contribution in [0.5, 0.6) is 23.0 Å². The summed E-state index contributed by atoms with van der Waals surface area (Å²) in [7, 11) is 0. The highest BCUT2D eigenvalue weighted by Gasteiger charge is 2.17. The zero-order valence-electron chi connectivity index (χ0n) is 14.9. The molecular formula is C20H28O4. The maximum Gasteiger partial charge on any atom is 0.119 e. The summed E-state index contributed by atoms with van der Waals surface area (Å²) in [6, 6.07) is 9.21. The molecule has 0 unspecified atom stereocenters. The van der Waals surface area contributed by atoms with E-state index in [1.807, 2.05) is 20.8 Å². The lowest BCUT2D eigenvalue weighted by molar-refractivity contribution is 0.435. The highest BCUT2D eigenvalue weighted by atomic mass is 16.3. The fourth-order valence-electron chi connectivity index (χ4n) is 2.26. The smallest absolute Gasteiger partial charge is 0.119 e. The van der Waals surface area contributed by atoms with Gasteiger partial charge in [0.25, 0.3) is 0 Å². The van der Waals surface area contributed by atoms with Gasteiger partial charge in [0.15, 0.2) is 0 Å². The number of benzene rings is 2. The summed E-state index contributed by atoms with van der Waals surface area (Å²) >= 11 is 0. The second kappa shape index (κ2) is 8.48. The summed E-state index contributed by atoms with van der Waals surface area (Å²) in [4.78, 5) is 0. The molecule has 2 rings (SSSR count). The molecule has 4 heteroatoms. The van der Waals surface area contributed by atoms with Crippen molar-refractivity contribution < 1.29 is 20.4 Å². The Morgan fingerprint density at radius 3 is 1.83 bits per heavy atom.